The molecule has 1 heteroatoms. The highest BCUT2D eigenvalue weighted by atomic mass is 14.9. The van der Waals surface area contributed by atoms with E-state index in [0.717, 1.165) is 6.54 Å². The molecule has 168 valence electrons. The van der Waals surface area contributed by atoms with Crippen LogP contribution in [-0.4, -0.2) is 6.04 Å². The lowest BCUT2D eigenvalue weighted by molar-refractivity contribution is 0.474. The lowest BCUT2D eigenvalue weighted by Gasteiger charge is -2.13. The zero-order chi connectivity index (χ0) is 20.8. The summed E-state index contributed by atoms with van der Waals surface area (Å²) in [7, 11) is 0. The van der Waals surface area contributed by atoms with Crippen molar-refractivity contribution in [3.8, 4) is 0 Å². The van der Waals surface area contributed by atoms with Gasteiger partial charge in [-0.3, -0.25) is 0 Å². The van der Waals surface area contributed by atoms with E-state index in [4.69, 9.17) is 0 Å². The van der Waals surface area contributed by atoms with Crippen molar-refractivity contribution in [3.05, 3.63) is 35.9 Å². The van der Waals surface area contributed by atoms with Crippen LogP contribution in [0.4, 0.5) is 0 Å². The number of hydrogen-bond acceptors (Lipinski definition) is 1. The average molecular weight is 402 g/mol. The van der Waals surface area contributed by atoms with E-state index >= 15 is 0 Å². The van der Waals surface area contributed by atoms with Crippen LogP contribution in [0.2, 0.25) is 0 Å². The van der Waals surface area contributed by atoms with Crippen LogP contribution in [0.5, 0.6) is 0 Å². The molecule has 1 atom stereocenters. The molecule has 1 aromatic carbocycles. The molecule has 0 aliphatic carbocycles. The molecule has 0 heterocycles. The second-order valence-electron chi connectivity index (χ2n) is 9.21. The highest BCUT2D eigenvalue weighted by molar-refractivity contribution is 5.14. The van der Waals surface area contributed by atoms with E-state index in [-0.39, 0.29) is 0 Å². The number of rotatable bonds is 21. The Morgan fingerprint density at radius 1 is 0.586 bits per heavy atom. The van der Waals surface area contributed by atoms with Crippen LogP contribution >= 0.6 is 0 Å². The highest BCUT2D eigenvalue weighted by Gasteiger charge is 2.01. The molecule has 1 unspecified atom stereocenters. The van der Waals surface area contributed by atoms with E-state index in [1.807, 2.05) is 0 Å². The van der Waals surface area contributed by atoms with Crippen molar-refractivity contribution in [1.82, 2.24) is 5.32 Å². The molecule has 0 aliphatic rings. The summed E-state index contributed by atoms with van der Waals surface area (Å²) in [5.41, 5.74) is 1.39. The van der Waals surface area contributed by atoms with Gasteiger partial charge in [-0.2, -0.15) is 0 Å². The van der Waals surface area contributed by atoms with Gasteiger partial charge in [0, 0.05) is 12.6 Å². The zero-order valence-corrected chi connectivity index (χ0v) is 19.9. The van der Waals surface area contributed by atoms with Crippen molar-refractivity contribution in [1.29, 1.82) is 0 Å². The first-order valence-electron chi connectivity index (χ1n) is 13.1. The van der Waals surface area contributed by atoms with Gasteiger partial charge in [0.25, 0.3) is 0 Å². The molecule has 1 aromatic rings. The first-order valence-corrected chi connectivity index (χ1v) is 13.1. The molecule has 0 amide bonds. The van der Waals surface area contributed by atoms with Crippen LogP contribution in [-0.2, 0) is 6.54 Å². The summed E-state index contributed by atoms with van der Waals surface area (Å²) in [6.45, 7) is 5.63. The second kappa shape index (κ2) is 20.5. The van der Waals surface area contributed by atoms with E-state index in [1.54, 1.807) is 0 Å². The normalized spacial score (nSPS) is 12.3. The molecule has 1 rings (SSSR count). The van der Waals surface area contributed by atoms with Gasteiger partial charge in [0.1, 0.15) is 0 Å². The Labute approximate surface area is 183 Å². The number of unbranched alkanes of at least 4 members (excludes halogenated alkanes) is 16. The SMILES string of the molecule is CCCCCCCCCCCCCCCCCCCC(C)NCc1ccccc1. The minimum atomic E-state index is 0.631. The topological polar surface area (TPSA) is 12.0 Å². The Kier molecular flexibility index (Phi) is 18.5. The Hall–Kier alpha value is -0.820. The predicted octanol–water partition coefficient (Wildman–Crippen LogP) is 9.21. The van der Waals surface area contributed by atoms with Gasteiger partial charge in [-0.15, -0.1) is 0 Å². The summed E-state index contributed by atoms with van der Waals surface area (Å²) >= 11 is 0. The maximum absolute atomic E-state index is 3.65. The van der Waals surface area contributed by atoms with Crippen molar-refractivity contribution in [2.24, 2.45) is 0 Å². The zero-order valence-electron chi connectivity index (χ0n) is 19.9. The fourth-order valence-corrected chi connectivity index (χ4v) is 4.17. The standard InChI is InChI=1S/C28H51N/c1-3-4-5-6-7-8-9-10-11-12-13-14-15-16-17-18-20-23-27(2)29-26-28-24-21-19-22-25-28/h19,21-22,24-25,27,29H,3-18,20,23,26H2,1-2H3. The first-order chi connectivity index (χ1) is 14.3. The van der Waals surface area contributed by atoms with Gasteiger partial charge in [-0.25, -0.2) is 0 Å². The van der Waals surface area contributed by atoms with Crippen molar-refractivity contribution in [2.45, 2.75) is 142 Å². The van der Waals surface area contributed by atoms with Crippen LogP contribution < -0.4 is 5.32 Å². The molecule has 1 N–H and O–H groups in total. The van der Waals surface area contributed by atoms with E-state index < -0.39 is 0 Å². The molecule has 0 saturated carbocycles. The van der Waals surface area contributed by atoms with Crippen LogP contribution in [0.3, 0.4) is 0 Å². The second-order valence-corrected chi connectivity index (χ2v) is 9.21. The molecule has 29 heavy (non-hydrogen) atoms. The molecule has 0 aromatic heterocycles. The van der Waals surface area contributed by atoms with E-state index in [0.29, 0.717) is 6.04 Å². The van der Waals surface area contributed by atoms with Crippen LogP contribution in [0, 0.1) is 0 Å². The monoisotopic (exact) mass is 401 g/mol. The van der Waals surface area contributed by atoms with Gasteiger partial charge in [0.2, 0.25) is 0 Å². The van der Waals surface area contributed by atoms with Gasteiger partial charge in [0.15, 0.2) is 0 Å². The molecular weight excluding hydrogens is 350 g/mol. The van der Waals surface area contributed by atoms with Gasteiger partial charge in [-0.1, -0.05) is 146 Å². The Morgan fingerprint density at radius 3 is 1.45 bits per heavy atom. The Bertz CT molecular complexity index is 427. The maximum Gasteiger partial charge on any atom is 0.0207 e. The molecule has 0 aliphatic heterocycles. The van der Waals surface area contributed by atoms with E-state index in [1.165, 1.54) is 121 Å². The maximum atomic E-state index is 3.65. The first kappa shape index (κ1) is 26.2. The lowest BCUT2D eigenvalue weighted by Crippen LogP contribution is -2.25. The quantitative estimate of drug-likeness (QED) is 0.202. The van der Waals surface area contributed by atoms with Crippen molar-refractivity contribution >= 4 is 0 Å². The third-order valence-corrected chi connectivity index (χ3v) is 6.24. The number of benzene rings is 1. The van der Waals surface area contributed by atoms with Crippen molar-refractivity contribution in [3.63, 3.8) is 0 Å². The lowest BCUT2D eigenvalue weighted by atomic mass is 10.0. The number of hydrogen-bond donors (Lipinski definition) is 1. The molecule has 1 nitrogen and oxygen atoms in total. The van der Waals surface area contributed by atoms with Crippen LogP contribution in [0.15, 0.2) is 30.3 Å². The summed E-state index contributed by atoms with van der Waals surface area (Å²) in [4.78, 5) is 0. The number of nitrogens with one attached hydrogen (secondary N) is 1. The molecule has 0 fully saturated rings. The smallest absolute Gasteiger partial charge is 0.0207 e. The minimum absolute atomic E-state index is 0.631. The molecule has 0 bridgehead atoms. The molecule has 0 spiro atoms. The van der Waals surface area contributed by atoms with Gasteiger partial charge < -0.3 is 5.32 Å². The van der Waals surface area contributed by atoms with Crippen molar-refractivity contribution < 1.29 is 0 Å². The summed E-state index contributed by atoms with van der Waals surface area (Å²) in [6.07, 6.45) is 26.0. The van der Waals surface area contributed by atoms with Crippen molar-refractivity contribution in [2.75, 3.05) is 0 Å². The summed E-state index contributed by atoms with van der Waals surface area (Å²) < 4.78 is 0. The highest BCUT2D eigenvalue weighted by Crippen LogP contribution is 2.14. The largest absolute Gasteiger partial charge is 0.310 e. The summed E-state index contributed by atoms with van der Waals surface area (Å²) in [6, 6.07) is 11.4. The Balaban J connectivity index is 1.73. The van der Waals surface area contributed by atoms with Gasteiger partial charge >= 0.3 is 0 Å². The third kappa shape index (κ3) is 17.7. The molecular formula is C28H51N. The summed E-state index contributed by atoms with van der Waals surface area (Å²) in [5.74, 6) is 0. The van der Waals surface area contributed by atoms with Crippen LogP contribution in [0.1, 0.15) is 135 Å². The van der Waals surface area contributed by atoms with E-state index in [2.05, 4.69) is 49.5 Å². The van der Waals surface area contributed by atoms with E-state index in [9.17, 15) is 0 Å². The van der Waals surface area contributed by atoms with Gasteiger partial charge in [-0.05, 0) is 18.9 Å². The third-order valence-electron chi connectivity index (χ3n) is 6.24. The fraction of sp³-hybridized carbons (Fsp3) is 0.786. The predicted molar refractivity (Wildman–Crippen MR) is 132 cm³/mol. The molecule has 0 radical (unpaired) electrons. The average Bonchev–Trinajstić information content (AvgIpc) is 2.75. The molecule has 0 saturated heterocycles. The minimum Gasteiger partial charge on any atom is -0.310 e. The van der Waals surface area contributed by atoms with Crippen LogP contribution in [0.25, 0.3) is 0 Å². The Morgan fingerprint density at radius 2 is 1.00 bits per heavy atom. The summed E-state index contributed by atoms with van der Waals surface area (Å²) in [5, 5.41) is 3.65. The fourth-order valence-electron chi connectivity index (χ4n) is 4.17. The van der Waals surface area contributed by atoms with Gasteiger partial charge in [0.05, 0.1) is 0 Å².